The Morgan fingerprint density at radius 2 is 1.88 bits per heavy atom. The zero-order valence-corrected chi connectivity index (χ0v) is 14.3. The molecule has 0 bridgehead atoms. The SMILES string of the molecule is O=C(CC1(C(=O)O)CCC1)NCc1ccccc1CN1CCCC1=O. The molecule has 0 spiro atoms. The van der Waals surface area contributed by atoms with Crippen molar-refractivity contribution < 1.29 is 19.5 Å². The van der Waals surface area contributed by atoms with Crippen molar-refractivity contribution in [2.45, 2.75) is 51.6 Å². The summed E-state index contributed by atoms with van der Waals surface area (Å²) >= 11 is 0. The van der Waals surface area contributed by atoms with Crippen molar-refractivity contribution in [3.63, 3.8) is 0 Å². The molecule has 1 aliphatic heterocycles. The van der Waals surface area contributed by atoms with Crippen LogP contribution in [0.5, 0.6) is 0 Å². The van der Waals surface area contributed by atoms with Gasteiger partial charge in [-0.05, 0) is 30.4 Å². The van der Waals surface area contributed by atoms with Crippen LogP contribution in [0.3, 0.4) is 0 Å². The molecule has 1 aliphatic carbocycles. The second kappa shape index (κ2) is 7.25. The lowest BCUT2D eigenvalue weighted by Crippen LogP contribution is -2.42. The number of carbonyl (C=O) groups is 3. The van der Waals surface area contributed by atoms with E-state index in [0.717, 1.165) is 30.5 Å². The van der Waals surface area contributed by atoms with Gasteiger partial charge in [-0.2, -0.15) is 0 Å². The van der Waals surface area contributed by atoms with E-state index in [9.17, 15) is 19.5 Å². The Morgan fingerprint density at radius 3 is 2.44 bits per heavy atom. The third-order valence-corrected chi connectivity index (χ3v) is 5.39. The second-order valence-electron chi connectivity index (χ2n) is 7.08. The molecular weight excluding hydrogens is 320 g/mol. The Morgan fingerprint density at radius 1 is 1.16 bits per heavy atom. The lowest BCUT2D eigenvalue weighted by molar-refractivity contribution is -0.157. The molecule has 0 aromatic heterocycles. The molecule has 2 N–H and O–H groups in total. The summed E-state index contributed by atoms with van der Waals surface area (Å²) in [5.74, 6) is -0.928. The number of likely N-dealkylation sites (tertiary alicyclic amines) is 1. The normalized spacial score (nSPS) is 18.7. The number of nitrogens with one attached hydrogen (secondary N) is 1. The number of aliphatic carboxylic acids is 1. The molecule has 1 aromatic carbocycles. The molecule has 6 heteroatoms. The Hall–Kier alpha value is -2.37. The van der Waals surface area contributed by atoms with Gasteiger partial charge in [0.2, 0.25) is 11.8 Å². The summed E-state index contributed by atoms with van der Waals surface area (Å²) in [6.45, 7) is 1.69. The largest absolute Gasteiger partial charge is 0.481 e. The minimum Gasteiger partial charge on any atom is -0.481 e. The van der Waals surface area contributed by atoms with Crippen molar-refractivity contribution in [1.29, 1.82) is 0 Å². The van der Waals surface area contributed by atoms with Gasteiger partial charge in [-0.3, -0.25) is 14.4 Å². The van der Waals surface area contributed by atoms with E-state index in [1.54, 1.807) is 0 Å². The van der Waals surface area contributed by atoms with E-state index in [4.69, 9.17) is 0 Å². The number of carboxylic acid groups (broad SMARTS) is 1. The quantitative estimate of drug-likeness (QED) is 0.793. The Bertz CT molecular complexity index is 682. The molecule has 1 saturated heterocycles. The summed E-state index contributed by atoms with van der Waals surface area (Å²) in [5.41, 5.74) is 1.12. The number of benzene rings is 1. The first-order valence-corrected chi connectivity index (χ1v) is 8.85. The fraction of sp³-hybridized carbons (Fsp3) is 0.526. The third-order valence-electron chi connectivity index (χ3n) is 5.39. The smallest absolute Gasteiger partial charge is 0.310 e. The van der Waals surface area contributed by atoms with E-state index in [0.29, 0.717) is 32.4 Å². The molecular formula is C19H24N2O4. The van der Waals surface area contributed by atoms with Crippen LogP contribution in [0.25, 0.3) is 0 Å². The summed E-state index contributed by atoms with van der Waals surface area (Å²) in [5, 5.41) is 12.2. The topological polar surface area (TPSA) is 86.7 Å². The molecule has 2 aliphatic rings. The van der Waals surface area contributed by atoms with E-state index in [-0.39, 0.29) is 18.2 Å². The average Bonchev–Trinajstić information content (AvgIpc) is 2.95. The van der Waals surface area contributed by atoms with Crippen LogP contribution in [0.15, 0.2) is 24.3 Å². The van der Waals surface area contributed by atoms with E-state index in [1.807, 2.05) is 29.2 Å². The molecule has 0 radical (unpaired) electrons. The molecule has 1 saturated carbocycles. The standard InChI is InChI=1S/C19H24N2O4/c22-16(11-19(18(24)25)8-4-9-19)20-12-14-5-1-2-6-15(14)13-21-10-3-7-17(21)23/h1-2,5-6H,3-4,7-13H2,(H,20,22)(H,24,25). The minimum atomic E-state index is -0.873. The number of hydrogen-bond donors (Lipinski definition) is 2. The molecule has 0 unspecified atom stereocenters. The zero-order chi connectivity index (χ0) is 17.9. The number of carboxylic acids is 1. The summed E-state index contributed by atoms with van der Waals surface area (Å²) in [6.07, 6.45) is 3.55. The van der Waals surface area contributed by atoms with Crippen molar-refractivity contribution in [1.82, 2.24) is 10.2 Å². The van der Waals surface area contributed by atoms with Gasteiger partial charge in [-0.25, -0.2) is 0 Å². The summed E-state index contributed by atoms with van der Waals surface area (Å²) in [4.78, 5) is 37.2. The van der Waals surface area contributed by atoms with Crippen molar-refractivity contribution in [2.24, 2.45) is 5.41 Å². The Kier molecular flexibility index (Phi) is 5.06. The van der Waals surface area contributed by atoms with Gasteiger partial charge in [0.1, 0.15) is 0 Å². The first kappa shape index (κ1) is 17.5. The lowest BCUT2D eigenvalue weighted by atomic mass is 9.66. The van der Waals surface area contributed by atoms with Crippen molar-refractivity contribution in [2.75, 3.05) is 6.54 Å². The number of amides is 2. The summed E-state index contributed by atoms with van der Waals surface area (Å²) < 4.78 is 0. The fourth-order valence-electron chi connectivity index (χ4n) is 3.59. The van der Waals surface area contributed by atoms with Crippen LogP contribution in [-0.2, 0) is 27.5 Å². The van der Waals surface area contributed by atoms with Crippen LogP contribution in [0.2, 0.25) is 0 Å². The first-order chi connectivity index (χ1) is 12.0. The van der Waals surface area contributed by atoms with Crippen LogP contribution in [0.1, 0.15) is 49.7 Å². The predicted octanol–water partition coefficient (Wildman–Crippen LogP) is 2.07. The van der Waals surface area contributed by atoms with Gasteiger partial charge in [0, 0.05) is 32.5 Å². The highest BCUT2D eigenvalue weighted by Crippen LogP contribution is 2.44. The van der Waals surface area contributed by atoms with E-state index in [1.165, 1.54) is 0 Å². The molecule has 3 rings (SSSR count). The summed E-state index contributed by atoms with van der Waals surface area (Å²) in [7, 11) is 0. The second-order valence-corrected chi connectivity index (χ2v) is 7.08. The van der Waals surface area contributed by atoms with Gasteiger partial charge in [-0.1, -0.05) is 30.7 Å². The van der Waals surface area contributed by atoms with Gasteiger partial charge in [-0.15, -0.1) is 0 Å². The summed E-state index contributed by atoms with van der Waals surface area (Å²) in [6, 6.07) is 7.74. The first-order valence-electron chi connectivity index (χ1n) is 8.85. The Balaban J connectivity index is 1.58. The van der Waals surface area contributed by atoms with Crippen LogP contribution >= 0.6 is 0 Å². The maximum absolute atomic E-state index is 12.2. The molecule has 1 aromatic rings. The molecule has 25 heavy (non-hydrogen) atoms. The van der Waals surface area contributed by atoms with E-state index >= 15 is 0 Å². The lowest BCUT2D eigenvalue weighted by Gasteiger charge is -2.36. The maximum Gasteiger partial charge on any atom is 0.310 e. The van der Waals surface area contributed by atoms with Crippen molar-refractivity contribution >= 4 is 17.8 Å². The molecule has 0 atom stereocenters. The van der Waals surface area contributed by atoms with Crippen LogP contribution in [-0.4, -0.2) is 34.3 Å². The van der Waals surface area contributed by atoms with Gasteiger partial charge >= 0.3 is 5.97 Å². The molecule has 1 heterocycles. The monoisotopic (exact) mass is 344 g/mol. The maximum atomic E-state index is 12.2. The van der Waals surface area contributed by atoms with Crippen LogP contribution in [0.4, 0.5) is 0 Å². The van der Waals surface area contributed by atoms with Crippen LogP contribution < -0.4 is 5.32 Å². The van der Waals surface area contributed by atoms with Crippen molar-refractivity contribution in [3.8, 4) is 0 Å². The number of nitrogens with zero attached hydrogens (tertiary/aromatic N) is 1. The Labute approximate surface area is 147 Å². The van der Waals surface area contributed by atoms with Crippen molar-refractivity contribution in [3.05, 3.63) is 35.4 Å². The molecule has 6 nitrogen and oxygen atoms in total. The predicted molar refractivity (Wildman–Crippen MR) is 91.5 cm³/mol. The third kappa shape index (κ3) is 3.83. The number of hydrogen-bond acceptors (Lipinski definition) is 3. The zero-order valence-electron chi connectivity index (χ0n) is 14.3. The average molecular weight is 344 g/mol. The van der Waals surface area contributed by atoms with Gasteiger partial charge in [0.25, 0.3) is 0 Å². The van der Waals surface area contributed by atoms with E-state index < -0.39 is 11.4 Å². The van der Waals surface area contributed by atoms with Gasteiger partial charge in [0.15, 0.2) is 0 Å². The number of carbonyl (C=O) groups excluding carboxylic acids is 2. The van der Waals surface area contributed by atoms with Gasteiger partial charge < -0.3 is 15.3 Å². The highest BCUT2D eigenvalue weighted by molar-refractivity contribution is 5.85. The van der Waals surface area contributed by atoms with Gasteiger partial charge in [0.05, 0.1) is 5.41 Å². The highest BCUT2D eigenvalue weighted by Gasteiger charge is 2.45. The highest BCUT2D eigenvalue weighted by atomic mass is 16.4. The molecule has 2 amide bonds. The fourth-order valence-corrected chi connectivity index (χ4v) is 3.59. The van der Waals surface area contributed by atoms with E-state index in [2.05, 4.69) is 5.32 Å². The number of rotatable bonds is 7. The molecule has 2 fully saturated rings. The minimum absolute atomic E-state index is 0.0368. The molecule has 134 valence electrons. The van der Waals surface area contributed by atoms with Crippen LogP contribution in [0, 0.1) is 5.41 Å².